The molecule has 1 amide bonds. The zero-order valence-corrected chi connectivity index (χ0v) is 15.6. The first-order valence-electron chi connectivity index (χ1n) is 9.08. The van der Waals surface area contributed by atoms with Gasteiger partial charge < -0.3 is 10.6 Å². The van der Waals surface area contributed by atoms with Crippen LogP contribution in [0, 0.1) is 0 Å². The van der Waals surface area contributed by atoms with Gasteiger partial charge in [0.25, 0.3) is 5.91 Å². The summed E-state index contributed by atoms with van der Waals surface area (Å²) < 4.78 is 0. The van der Waals surface area contributed by atoms with Gasteiger partial charge >= 0.3 is 0 Å². The van der Waals surface area contributed by atoms with Gasteiger partial charge in [-0.3, -0.25) is 9.78 Å². The van der Waals surface area contributed by atoms with Gasteiger partial charge in [-0.2, -0.15) is 0 Å². The second kappa shape index (κ2) is 8.89. The summed E-state index contributed by atoms with van der Waals surface area (Å²) in [6.45, 7) is 4.68. The number of carbonyl (C=O) groups excluding carboxylic acids is 1. The lowest BCUT2D eigenvalue weighted by atomic mass is 10.0. The molecule has 0 radical (unpaired) electrons. The van der Waals surface area contributed by atoms with Gasteiger partial charge in [-0.15, -0.1) is 0 Å². The summed E-state index contributed by atoms with van der Waals surface area (Å²) >= 11 is 0. The van der Waals surface area contributed by atoms with Gasteiger partial charge in [0.15, 0.2) is 0 Å². The smallest absolute Gasteiger partial charge is 0.254 e. The predicted octanol–water partition coefficient (Wildman–Crippen LogP) is 3.67. The van der Waals surface area contributed by atoms with Crippen LogP contribution >= 0.6 is 0 Å². The molecule has 0 saturated heterocycles. The molecule has 2 N–H and O–H groups in total. The van der Waals surface area contributed by atoms with E-state index in [0.29, 0.717) is 18.1 Å². The zero-order valence-electron chi connectivity index (χ0n) is 15.6. The number of pyridine rings is 1. The molecule has 0 unspecified atom stereocenters. The van der Waals surface area contributed by atoms with Crippen molar-refractivity contribution in [3.05, 3.63) is 77.4 Å². The molecule has 6 nitrogen and oxygen atoms in total. The normalized spacial score (nSPS) is 10.4. The van der Waals surface area contributed by atoms with E-state index in [4.69, 9.17) is 0 Å². The largest absolute Gasteiger partial charge is 0.348 e. The molecule has 2 aromatic heterocycles. The number of aromatic nitrogens is 3. The molecular formula is C21H23N5O. The zero-order chi connectivity index (χ0) is 19.1. The highest BCUT2D eigenvalue weighted by molar-refractivity contribution is 5.93. The van der Waals surface area contributed by atoms with E-state index < -0.39 is 0 Å². The first-order valence-corrected chi connectivity index (χ1v) is 9.08. The van der Waals surface area contributed by atoms with Gasteiger partial charge in [-0.25, -0.2) is 9.97 Å². The number of anilines is 2. The summed E-state index contributed by atoms with van der Waals surface area (Å²) in [5.41, 5.74) is 4.90. The molecule has 2 heterocycles. The molecule has 138 valence electrons. The number of nitrogens with zero attached hydrogens (tertiary/aromatic N) is 3. The number of hydrogen-bond donors (Lipinski definition) is 2. The Hall–Kier alpha value is -3.28. The summed E-state index contributed by atoms with van der Waals surface area (Å²) in [5, 5.41) is 6.16. The standard InChI is InChI=1S/C21H23N5O/c1-3-16-6-5-7-17(4-2)19(16)26-21-24-13-18(14-25-21)20(27)23-12-15-8-10-22-11-9-15/h5-11,13-14H,3-4,12H2,1-2H3,(H,23,27)(H,24,25,26). The number of rotatable bonds is 7. The highest BCUT2D eigenvalue weighted by Gasteiger charge is 2.10. The lowest BCUT2D eigenvalue weighted by molar-refractivity contribution is 0.0950. The van der Waals surface area contributed by atoms with Crippen molar-refractivity contribution in [2.24, 2.45) is 0 Å². The Morgan fingerprint density at radius 1 is 0.963 bits per heavy atom. The summed E-state index contributed by atoms with van der Waals surface area (Å²) in [4.78, 5) is 24.8. The molecular weight excluding hydrogens is 338 g/mol. The van der Waals surface area contributed by atoms with E-state index in [9.17, 15) is 4.79 Å². The minimum absolute atomic E-state index is 0.207. The molecule has 0 aliphatic rings. The van der Waals surface area contributed by atoms with Crippen molar-refractivity contribution in [1.82, 2.24) is 20.3 Å². The van der Waals surface area contributed by atoms with Crippen LogP contribution in [0.15, 0.2) is 55.1 Å². The number of hydrogen-bond acceptors (Lipinski definition) is 5. The molecule has 6 heteroatoms. The third-order valence-electron chi connectivity index (χ3n) is 4.35. The van der Waals surface area contributed by atoms with E-state index in [0.717, 1.165) is 24.1 Å². The highest BCUT2D eigenvalue weighted by atomic mass is 16.1. The number of amides is 1. The van der Waals surface area contributed by atoms with Crippen LogP contribution in [0.25, 0.3) is 0 Å². The van der Waals surface area contributed by atoms with Crippen molar-refractivity contribution in [1.29, 1.82) is 0 Å². The molecule has 0 atom stereocenters. The van der Waals surface area contributed by atoms with E-state index in [2.05, 4.69) is 57.6 Å². The van der Waals surface area contributed by atoms with Crippen LogP contribution in [-0.2, 0) is 19.4 Å². The van der Waals surface area contributed by atoms with Crippen LogP contribution in [0.2, 0.25) is 0 Å². The maximum atomic E-state index is 12.3. The number of para-hydroxylation sites is 1. The number of aryl methyl sites for hydroxylation is 2. The first-order chi connectivity index (χ1) is 13.2. The van der Waals surface area contributed by atoms with Crippen molar-refractivity contribution < 1.29 is 4.79 Å². The Morgan fingerprint density at radius 2 is 1.59 bits per heavy atom. The Bertz CT molecular complexity index is 872. The van der Waals surface area contributed by atoms with E-state index in [1.54, 1.807) is 12.4 Å². The van der Waals surface area contributed by atoms with Gasteiger partial charge in [0.1, 0.15) is 0 Å². The minimum atomic E-state index is -0.207. The monoisotopic (exact) mass is 361 g/mol. The maximum Gasteiger partial charge on any atom is 0.254 e. The lowest BCUT2D eigenvalue weighted by Crippen LogP contribution is -2.23. The molecule has 0 aliphatic carbocycles. The van der Waals surface area contributed by atoms with Crippen LogP contribution in [0.1, 0.15) is 40.9 Å². The molecule has 0 saturated carbocycles. The lowest BCUT2D eigenvalue weighted by Gasteiger charge is -2.14. The molecule has 0 bridgehead atoms. The molecule has 0 fully saturated rings. The van der Waals surface area contributed by atoms with Gasteiger partial charge in [0, 0.05) is 37.0 Å². The summed E-state index contributed by atoms with van der Waals surface area (Å²) in [6, 6.07) is 9.99. The van der Waals surface area contributed by atoms with Crippen LogP contribution in [0.4, 0.5) is 11.6 Å². The molecule has 3 rings (SSSR count). The van der Waals surface area contributed by atoms with Gasteiger partial charge in [-0.05, 0) is 41.7 Å². The second-order valence-corrected chi connectivity index (χ2v) is 6.12. The quantitative estimate of drug-likeness (QED) is 0.671. The van der Waals surface area contributed by atoms with Crippen LogP contribution in [0.3, 0.4) is 0 Å². The van der Waals surface area contributed by atoms with Crippen LogP contribution < -0.4 is 10.6 Å². The Labute approximate surface area is 159 Å². The molecule has 0 aliphatic heterocycles. The predicted molar refractivity (Wildman–Crippen MR) is 106 cm³/mol. The average Bonchev–Trinajstić information content (AvgIpc) is 2.73. The number of nitrogens with one attached hydrogen (secondary N) is 2. The van der Waals surface area contributed by atoms with E-state index >= 15 is 0 Å². The van der Waals surface area contributed by atoms with Crippen molar-refractivity contribution in [2.75, 3.05) is 5.32 Å². The third-order valence-corrected chi connectivity index (χ3v) is 4.35. The summed E-state index contributed by atoms with van der Waals surface area (Å²) in [5.74, 6) is 0.276. The fourth-order valence-electron chi connectivity index (χ4n) is 2.81. The fourth-order valence-corrected chi connectivity index (χ4v) is 2.81. The molecule has 3 aromatic rings. The van der Waals surface area contributed by atoms with Gasteiger partial charge in [0.2, 0.25) is 5.95 Å². The number of carbonyl (C=O) groups is 1. The second-order valence-electron chi connectivity index (χ2n) is 6.12. The minimum Gasteiger partial charge on any atom is -0.348 e. The van der Waals surface area contributed by atoms with Crippen molar-refractivity contribution in [3.8, 4) is 0 Å². The fraction of sp³-hybridized carbons (Fsp3) is 0.238. The molecule has 1 aromatic carbocycles. The van der Waals surface area contributed by atoms with Crippen molar-refractivity contribution in [2.45, 2.75) is 33.2 Å². The van der Waals surface area contributed by atoms with Crippen molar-refractivity contribution >= 4 is 17.5 Å². The number of benzene rings is 1. The van der Waals surface area contributed by atoms with Gasteiger partial charge in [0.05, 0.1) is 5.56 Å². The Morgan fingerprint density at radius 3 is 2.19 bits per heavy atom. The van der Waals surface area contributed by atoms with Crippen LogP contribution in [-0.4, -0.2) is 20.9 Å². The summed E-state index contributed by atoms with van der Waals surface area (Å²) in [7, 11) is 0. The summed E-state index contributed by atoms with van der Waals surface area (Å²) in [6.07, 6.45) is 8.32. The molecule has 27 heavy (non-hydrogen) atoms. The third kappa shape index (κ3) is 4.67. The SMILES string of the molecule is CCc1cccc(CC)c1Nc1ncc(C(=O)NCc2ccncc2)cn1. The van der Waals surface area contributed by atoms with Crippen LogP contribution in [0.5, 0.6) is 0 Å². The van der Waals surface area contributed by atoms with E-state index in [1.165, 1.54) is 23.5 Å². The average molecular weight is 361 g/mol. The Kier molecular flexibility index (Phi) is 6.10. The van der Waals surface area contributed by atoms with Gasteiger partial charge in [-0.1, -0.05) is 32.0 Å². The molecule has 0 spiro atoms. The topological polar surface area (TPSA) is 79.8 Å². The van der Waals surface area contributed by atoms with Crippen molar-refractivity contribution in [3.63, 3.8) is 0 Å². The van der Waals surface area contributed by atoms with E-state index in [1.807, 2.05) is 12.1 Å². The van der Waals surface area contributed by atoms with E-state index in [-0.39, 0.29) is 5.91 Å². The maximum absolute atomic E-state index is 12.3. The Balaban J connectivity index is 1.68. The first kappa shape index (κ1) is 18.5. The highest BCUT2D eigenvalue weighted by Crippen LogP contribution is 2.25.